The minimum absolute atomic E-state index is 0.133. The Morgan fingerprint density at radius 3 is 2.71 bits per heavy atom. The number of amides is 1. The Morgan fingerprint density at radius 1 is 1.59 bits per heavy atom. The third-order valence-electron chi connectivity index (χ3n) is 2.30. The summed E-state index contributed by atoms with van der Waals surface area (Å²) in [6.07, 6.45) is 0. The average Bonchev–Trinajstić information content (AvgIpc) is 2.28. The van der Waals surface area contributed by atoms with E-state index >= 15 is 0 Å². The SMILES string of the molecule is CN(CCO)c1cc(C(N)=O)ccc1[N+](=O)[O-]. The molecule has 0 radical (unpaired) electrons. The summed E-state index contributed by atoms with van der Waals surface area (Å²) in [5.74, 6) is -0.654. The highest BCUT2D eigenvalue weighted by atomic mass is 16.6. The summed E-state index contributed by atoms with van der Waals surface area (Å²) in [5, 5.41) is 19.6. The highest BCUT2D eigenvalue weighted by Gasteiger charge is 2.18. The number of benzene rings is 1. The van der Waals surface area contributed by atoms with E-state index in [1.54, 1.807) is 7.05 Å². The van der Waals surface area contributed by atoms with Crippen LogP contribution in [0.1, 0.15) is 10.4 Å². The van der Waals surface area contributed by atoms with Gasteiger partial charge in [0, 0.05) is 25.2 Å². The monoisotopic (exact) mass is 239 g/mol. The quantitative estimate of drug-likeness (QED) is 0.560. The van der Waals surface area contributed by atoms with Crippen molar-refractivity contribution in [2.24, 2.45) is 5.73 Å². The third kappa shape index (κ3) is 2.91. The maximum absolute atomic E-state index is 11.0. The number of nitro groups is 1. The number of aliphatic hydroxyl groups is 1. The first-order valence-electron chi connectivity index (χ1n) is 4.87. The summed E-state index contributed by atoms with van der Waals surface area (Å²) in [4.78, 5) is 22.8. The van der Waals surface area contributed by atoms with Crippen LogP contribution in [0.2, 0.25) is 0 Å². The van der Waals surface area contributed by atoms with Crippen molar-refractivity contribution < 1.29 is 14.8 Å². The summed E-state index contributed by atoms with van der Waals surface area (Å²) in [6.45, 7) is 0.0809. The van der Waals surface area contributed by atoms with E-state index in [-0.39, 0.29) is 30.1 Å². The lowest BCUT2D eigenvalue weighted by molar-refractivity contribution is -0.384. The number of nitrogens with two attached hydrogens (primary N) is 1. The van der Waals surface area contributed by atoms with Crippen molar-refractivity contribution in [1.29, 1.82) is 0 Å². The largest absolute Gasteiger partial charge is 0.395 e. The number of rotatable bonds is 5. The number of carbonyl (C=O) groups is 1. The zero-order chi connectivity index (χ0) is 13.0. The van der Waals surface area contributed by atoms with Gasteiger partial charge in [0.25, 0.3) is 5.69 Å². The number of nitrogens with zero attached hydrogens (tertiary/aromatic N) is 2. The van der Waals surface area contributed by atoms with E-state index in [1.165, 1.54) is 23.1 Å². The lowest BCUT2D eigenvalue weighted by Crippen LogP contribution is -2.23. The van der Waals surface area contributed by atoms with Crippen LogP contribution in [0.5, 0.6) is 0 Å². The second-order valence-corrected chi connectivity index (χ2v) is 3.47. The molecule has 17 heavy (non-hydrogen) atoms. The molecule has 0 aromatic heterocycles. The van der Waals surface area contributed by atoms with Gasteiger partial charge >= 0.3 is 0 Å². The highest BCUT2D eigenvalue weighted by Crippen LogP contribution is 2.28. The van der Waals surface area contributed by atoms with E-state index < -0.39 is 10.8 Å². The van der Waals surface area contributed by atoms with Gasteiger partial charge in [-0.2, -0.15) is 0 Å². The Morgan fingerprint density at radius 2 is 2.24 bits per heavy atom. The molecule has 0 atom stereocenters. The first-order chi connectivity index (χ1) is 7.97. The van der Waals surface area contributed by atoms with Crippen molar-refractivity contribution in [2.75, 3.05) is 25.1 Å². The molecule has 1 aromatic carbocycles. The molecule has 0 fully saturated rings. The summed E-state index contributed by atoms with van der Waals surface area (Å²) in [7, 11) is 1.59. The Bertz CT molecular complexity index is 447. The van der Waals surface area contributed by atoms with Crippen molar-refractivity contribution >= 4 is 17.3 Å². The highest BCUT2D eigenvalue weighted by molar-refractivity contribution is 5.94. The maximum Gasteiger partial charge on any atom is 0.292 e. The van der Waals surface area contributed by atoms with Gasteiger partial charge in [0.15, 0.2) is 0 Å². The number of aliphatic hydroxyl groups excluding tert-OH is 1. The Labute approximate surface area is 97.6 Å². The minimum atomic E-state index is -0.654. The van der Waals surface area contributed by atoms with Crippen molar-refractivity contribution in [3.63, 3.8) is 0 Å². The zero-order valence-corrected chi connectivity index (χ0v) is 9.29. The van der Waals surface area contributed by atoms with Crippen molar-refractivity contribution in [1.82, 2.24) is 0 Å². The van der Waals surface area contributed by atoms with Gasteiger partial charge in [-0.15, -0.1) is 0 Å². The topological polar surface area (TPSA) is 110 Å². The zero-order valence-electron chi connectivity index (χ0n) is 9.29. The van der Waals surface area contributed by atoms with Crippen molar-refractivity contribution in [3.05, 3.63) is 33.9 Å². The molecule has 0 aliphatic carbocycles. The first-order valence-corrected chi connectivity index (χ1v) is 4.87. The standard InChI is InChI=1S/C10H13N3O4/c1-12(4-5-14)9-6-7(10(11)15)2-3-8(9)13(16)17/h2-3,6,14H,4-5H2,1H3,(H2,11,15). The van der Waals surface area contributed by atoms with Gasteiger partial charge in [-0.05, 0) is 12.1 Å². The van der Waals surface area contributed by atoms with Crippen LogP contribution in [0.25, 0.3) is 0 Å². The average molecular weight is 239 g/mol. The second-order valence-electron chi connectivity index (χ2n) is 3.47. The number of likely N-dealkylation sites (N-methyl/N-ethyl adjacent to an activating group) is 1. The van der Waals surface area contributed by atoms with E-state index in [9.17, 15) is 14.9 Å². The van der Waals surface area contributed by atoms with E-state index in [0.29, 0.717) is 0 Å². The Kier molecular flexibility index (Phi) is 4.00. The molecule has 0 aliphatic rings. The maximum atomic E-state index is 11.0. The van der Waals surface area contributed by atoms with E-state index in [4.69, 9.17) is 10.8 Å². The number of anilines is 1. The van der Waals surface area contributed by atoms with Crippen LogP contribution in [0.3, 0.4) is 0 Å². The van der Waals surface area contributed by atoms with Gasteiger partial charge in [0.2, 0.25) is 5.91 Å². The number of hydrogen-bond acceptors (Lipinski definition) is 5. The lowest BCUT2D eigenvalue weighted by Gasteiger charge is -2.18. The van der Waals surface area contributed by atoms with Crippen LogP contribution < -0.4 is 10.6 Å². The molecule has 0 saturated heterocycles. The molecule has 7 heteroatoms. The minimum Gasteiger partial charge on any atom is -0.395 e. The molecule has 0 aliphatic heterocycles. The van der Waals surface area contributed by atoms with E-state index in [2.05, 4.69) is 0 Å². The van der Waals surface area contributed by atoms with Crippen LogP contribution in [-0.4, -0.2) is 36.1 Å². The summed E-state index contributed by atoms with van der Waals surface area (Å²) in [6, 6.07) is 3.87. The Hall–Kier alpha value is -2.15. The lowest BCUT2D eigenvalue weighted by atomic mass is 10.1. The van der Waals surface area contributed by atoms with Crippen molar-refractivity contribution in [3.8, 4) is 0 Å². The fourth-order valence-corrected chi connectivity index (χ4v) is 1.41. The molecule has 1 aromatic rings. The molecule has 7 nitrogen and oxygen atoms in total. The number of carbonyl (C=O) groups excluding carboxylic acids is 1. The van der Waals surface area contributed by atoms with Crippen LogP contribution >= 0.6 is 0 Å². The molecular formula is C10H13N3O4. The molecule has 3 N–H and O–H groups in total. The van der Waals surface area contributed by atoms with E-state index in [0.717, 1.165) is 0 Å². The number of hydrogen-bond donors (Lipinski definition) is 2. The predicted octanol–water partition coefficient (Wildman–Crippen LogP) is 0.122. The fraction of sp³-hybridized carbons (Fsp3) is 0.300. The van der Waals surface area contributed by atoms with Crippen LogP contribution in [-0.2, 0) is 0 Å². The molecule has 1 rings (SSSR count). The number of nitro benzene ring substituents is 1. The van der Waals surface area contributed by atoms with Gasteiger partial charge in [0.1, 0.15) is 5.69 Å². The molecule has 0 saturated carbocycles. The van der Waals surface area contributed by atoms with Crippen LogP contribution in [0, 0.1) is 10.1 Å². The Balaban J connectivity index is 3.24. The van der Waals surface area contributed by atoms with Gasteiger partial charge in [0.05, 0.1) is 11.5 Å². The van der Waals surface area contributed by atoms with Gasteiger partial charge < -0.3 is 15.7 Å². The summed E-state index contributed by atoms with van der Waals surface area (Å²) < 4.78 is 0. The predicted molar refractivity (Wildman–Crippen MR) is 62.0 cm³/mol. The fourth-order valence-electron chi connectivity index (χ4n) is 1.41. The molecule has 0 heterocycles. The third-order valence-corrected chi connectivity index (χ3v) is 2.30. The van der Waals surface area contributed by atoms with Gasteiger partial charge in [-0.3, -0.25) is 14.9 Å². The second kappa shape index (κ2) is 5.26. The molecular weight excluding hydrogens is 226 g/mol. The summed E-state index contributed by atoms with van der Waals surface area (Å²) in [5.41, 5.74) is 5.41. The van der Waals surface area contributed by atoms with Crippen molar-refractivity contribution in [2.45, 2.75) is 0 Å². The molecule has 0 bridgehead atoms. The van der Waals surface area contributed by atoms with E-state index in [1.807, 2.05) is 0 Å². The van der Waals surface area contributed by atoms with Gasteiger partial charge in [-0.25, -0.2) is 0 Å². The van der Waals surface area contributed by atoms with Gasteiger partial charge in [-0.1, -0.05) is 0 Å². The normalized spacial score (nSPS) is 10.0. The molecule has 0 unspecified atom stereocenters. The summed E-state index contributed by atoms with van der Waals surface area (Å²) >= 11 is 0. The molecule has 92 valence electrons. The van der Waals surface area contributed by atoms with Crippen LogP contribution in [0.15, 0.2) is 18.2 Å². The number of primary amides is 1. The van der Waals surface area contributed by atoms with Crippen LogP contribution in [0.4, 0.5) is 11.4 Å². The first kappa shape index (κ1) is 12.9. The molecule has 1 amide bonds. The molecule has 0 spiro atoms. The smallest absolute Gasteiger partial charge is 0.292 e.